The highest BCUT2D eigenvalue weighted by atomic mass is 28.4. The van der Waals surface area contributed by atoms with E-state index in [9.17, 15) is 24.3 Å². The topological polar surface area (TPSA) is 145 Å². The van der Waals surface area contributed by atoms with E-state index in [1.54, 1.807) is 52.3 Å². The van der Waals surface area contributed by atoms with E-state index in [0.717, 1.165) is 11.1 Å². The van der Waals surface area contributed by atoms with E-state index < -0.39 is 37.5 Å². The fraction of sp³-hybridized carbons (Fsp3) is 0.308. The predicted octanol–water partition coefficient (Wildman–Crippen LogP) is 5.33. The fourth-order valence-electron chi connectivity index (χ4n) is 8.28. The first-order valence-corrected chi connectivity index (χ1v) is 20.0. The Morgan fingerprint density at radius 2 is 1.66 bits per heavy atom. The van der Waals surface area contributed by atoms with Crippen molar-refractivity contribution in [1.82, 2.24) is 4.90 Å². The number of hydrogen-bond donors (Lipinski definition) is 4. The summed E-state index contributed by atoms with van der Waals surface area (Å²) in [5, 5.41) is 13.3. The molecule has 4 aromatic carbocycles. The SMILES string of the molecule is C[C@H]1[C@H]([Si](C)(C)O)[C@@H](CC(=O)N2Cc3ccccc3C[C@H]2CO)O[C@]12C(=O)N(c1ccccc1)c1ccc(NC(=O)c3ccc(N)cc3)cc12. The maximum atomic E-state index is 14.9. The van der Waals surface area contributed by atoms with Crippen LogP contribution in [0.4, 0.5) is 22.7 Å². The molecule has 258 valence electrons. The van der Waals surface area contributed by atoms with Crippen LogP contribution in [0.1, 0.15) is 40.4 Å². The van der Waals surface area contributed by atoms with Gasteiger partial charge in [-0.2, -0.15) is 0 Å². The summed E-state index contributed by atoms with van der Waals surface area (Å²) in [6.07, 6.45) is -0.300. The van der Waals surface area contributed by atoms with Crippen LogP contribution in [0, 0.1) is 5.92 Å². The molecule has 1 spiro atoms. The first-order valence-electron chi connectivity index (χ1n) is 17.0. The number of nitrogens with one attached hydrogen (secondary N) is 1. The van der Waals surface area contributed by atoms with E-state index in [0.29, 0.717) is 46.8 Å². The maximum absolute atomic E-state index is 14.9. The third kappa shape index (κ3) is 5.69. The van der Waals surface area contributed by atoms with E-state index in [1.807, 2.05) is 74.6 Å². The van der Waals surface area contributed by atoms with E-state index in [4.69, 9.17) is 10.5 Å². The van der Waals surface area contributed by atoms with Crippen molar-refractivity contribution in [2.75, 3.05) is 22.6 Å². The molecule has 3 amide bonds. The number of nitrogens with two attached hydrogens (primary N) is 1. The molecule has 50 heavy (non-hydrogen) atoms. The third-order valence-corrected chi connectivity index (χ3v) is 13.1. The van der Waals surface area contributed by atoms with Crippen LogP contribution in [0.15, 0.2) is 97.1 Å². The van der Waals surface area contributed by atoms with Gasteiger partial charge in [-0.05, 0) is 85.2 Å². The minimum atomic E-state index is -3.08. The maximum Gasteiger partial charge on any atom is 0.268 e. The molecule has 0 radical (unpaired) electrons. The normalized spacial score (nSPS) is 24.3. The van der Waals surface area contributed by atoms with Gasteiger partial charge in [0.1, 0.15) is 0 Å². The first-order chi connectivity index (χ1) is 23.9. The standard InChI is InChI=1S/C39H42N4O6Si/c1-24-36(50(2,3)48)34(21-35(45)42-22-27-10-8-7-9-26(27)19-31(42)23-44)49-39(24)32-20-29(41-37(46)25-13-15-28(40)16-14-25)17-18-33(32)43(38(39)47)30-11-5-4-6-12-30/h4-18,20,24,31,34,36,44,48H,19,21-23,40H2,1-3H3,(H,41,46)/t24-,31-,34+,36-,39+/m0/s1. The molecule has 0 saturated carbocycles. The van der Waals surface area contributed by atoms with E-state index in [1.165, 1.54) is 0 Å². The Morgan fingerprint density at radius 3 is 2.34 bits per heavy atom. The highest BCUT2D eigenvalue weighted by Gasteiger charge is 2.67. The Kier molecular flexibility index (Phi) is 8.63. The van der Waals surface area contributed by atoms with Gasteiger partial charge < -0.3 is 30.6 Å². The Morgan fingerprint density at radius 1 is 0.980 bits per heavy atom. The summed E-state index contributed by atoms with van der Waals surface area (Å²) in [5.74, 6) is -1.38. The van der Waals surface area contributed by atoms with Crippen LogP contribution in [0.25, 0.3) is 0 Å². The summed E-state index contributed by atoms with van der Waals surface area (Å²) in [5.41, 5.74) is 9.19. The molecule has 1 fully saturated rings. The fourth-order valence-corrected chi connectivity index (χ4v) is 10.8. The van der Waals surface area contributed by atoms with Gasteiger partial charge in [0.2, 0.25) is 5.91 Å². The number of rotatable bonds is 7. The molecule has 0 aliphatic carbocycles. The lowest BCUT2D eigenvalue weighted by atomic mass is 9.82. The molecule has 0 bridgehead atoms. The second kappa shape index (κ2) is 12.8. The minimum absolute atomic E-state index is 0.0616. The van der Waals surface area contributed by atoms with Crippen molar-refractivity contribution in [2.24, 2.45) is 5.92 Å². The molecule has 0 aromatic heterocycles. The van der Waals surface area contributed by atoms with Gasteiger partial charge in [-0.1, -0.05) is 49.4 Å². The number of hydrogen-bond acceptors (Lipinski definition) is 7. The van der Waals surface area contributed by atoms with Crippen molar-refractivity contribution in [3.63, 3.8) is 0 Å². The molecule has 7 rings (SSSR count). The molecule has 3 aliphatic heterocycles. The number of aliphatic hydroxyl groups excluding tert-OH is 1. The molecular weight excluding hydrogens is 649 g/mol. The van der Waals surface area contributed by atoms with Gasteiger partial charge in [-0.25, -0.2) is 0 Å². The molecule has 5 atom stereocenters. The van der Waals surface area contributed by atoms with Gasteiger partial charge in [0, 0.05) is 46.2 Å². The lowest BCUT2D eigenvalue weighted by Crippen LogP contribution is -2.48. The lowest BCUT2D eigenvalue weighted by molar-refractivity contribution is -0.150. The summed E-state index contributed by atoms with van der Waals surface area (Å²) >= 11 is 0. The molecule has 4 aromatic rings. The second-order valence-electron chi connectivity index (χ2n) is 14.2. The number of carbonyl (C=O) groups excluding carboxylic acids is 3. The van der Waals surface area contributed by atoms with Crippen molar-refractivity contribution in [2.45, 2.75) is 62.7 Å². The highest BCUT2D eigenvalue weighted by molar-refractivity contribution is 6.71. The lowest BCUT2D eigenvalue weighted by Gasteiger charge is -2.37. The predicted molar refractivity (Wildman–Crippen MR) is 194 cm³/mol. The third-order valence-electron chi connectivity index (χ3n) is 10.6. The molecule has 3 heterocycles. The smallest absolute Gasteiger partial charge is 0.268 e. The number of carbonyl (C=O) groups is 3. The quantitative estimate of drug-likeness (QED) is 0.152. The van der Waals surface area contributed by atoms with Gasteiger partial charge in [0.05, 0.1) is 30.9 Å². The van der Waals surface area contributed by atoms with Crippen molar-refractivity contribution in [1.29, 1.82) is 0 Å². The van der Waals surface area contributed by atoms with Crippen LogP contribution < -0.4 is 16.0 Å². The number of aliphatic hydroxyl groups is 1. The van der Waals surface area contributed by atoms with E-state index in [-0.39, 0.29) is 30.7 Å². The largest absolute Gasteiger partial charge is 0.432 e. The van der Waals surface area contributed by atoms with Crippen molar-refractivity contribution < 1.29 is 29.0 Å². The van der Waals surface area contributed by atoms with Gasteiger partial charge in [-0.15, -0.1) is 0 Å². The van der Waals surface area contributed by atoms with Crippen LogP contribution in [-0.2, 0) is 32.9 Å². The number of nitrogen functional groups attached to an aromatic ring is 1. The summed E-state index contributed by atoms with van der Waals surface area (Å²) in [6, 6.07) is 28.7. The molecule has 11 heteroatoms. The zero-order valence-electron chi connectivity index (χ0n) is 28.4. The highest BCUT2D eigenvalue weighted by Crippen LogP contribution is 2.61. The summed E-state index contributed by atoms with van der Waals surface area (Å²) in [4.78, 5) is 57.5. The van der Waals surface area contributed by atoms with Crippen molar-refractivity contribution in [3.8, 4) is 0 Å². The van der Waals surface area contributed by atoms with Gasteiger partial charge >= 0.3 is 0 Å². The number of amides is 3. The van der Waals surface area contributed by atoms with E-state index in [2.05, 4.69) is 5.32 Å². The number of para-hydroxylation sites is 1. The Labute approximate surface area is 292 Å². The monoisotopic (exact) mass is 690 g/mol. The Hall–Kier alpha value is -4.81. The Bertz CT molecular complexity index is 1950. The van der Waals surface area contributed by atoms with Crippen LogP contribution in [-0.4, -0.2) is 59.6 Å². The zero-order valence-corrected chi connectivity index (χ0v) is 29.4. The van der Waals surface area contributed by atoms with Crippen molar-refractivity contribution >= 4 is 48.8 Å². The molecular formula is C39H42N4O6Si. The number of anilines is 4. The number of benzene rings is 4. The Balaban J connectivity index is 1.27. The van der Waals surface area contributed by atoms with Crippen LogP contribution >= 0.6 is 0 Å². The van der Waals surface area contributed by atoms with Crippen LogP contribution in [0.5, 0.6) is 0 Å². The zero-order chi connectivity index (χ0) is 35.4. The molecule has 5 N–H and O–H groups in total. The number of nitrogens with zero attached hydrogens (tertiary/aromatic N) is 2. The number of ether oxygens (including phenoxy) is 1. The second-order valence-corrected chi connectivity index (χ2v) is 18.2. The average molecular weight is 691 g/mol. The summed E-state index contributed by atoms with van der Waals surface area (Å²) < 4.78 is 6.96. The van der Waals surface area contributed by atoms with Gasteiger partial charge in [0.15, 0.2) is 13.9 Å². The number of fused-ring (bicyclic) bond motifs is 3. The van der Waals surface area contributed by atoms with Gasteiger partial charge in [-0.3, -0.25) is 19.3 Å². The summed E-state index contributed by atoms with van der Waals surface area (Å²) in [6.45, 7) is 5.74. The summed E-state index contributed by atoms with van der Waals surface area (Å²) in [7, 11) is -3.08. The van der Waals surface area contributed by atoms with E-state index >= 15 is 0 Å². The minimum Gasteiger partial charge on any atom is -0.432 e. The molecule has 10 nitrogen and oxygen atoms in total. The van der Waals surface area contributed by atoms with Crippen LogP contribution in [0.2, 0.25) is 18.6 Å². The molecule has 1 saturated heterocycles. The van der Waals surface area contributed by atoms with Gasteiger partial charge in [0.25, 0.3) is 11.8 Å². The molecule has 3 aliphatic rings. The molecule has 0 unspecified atom stereocenters. The van der Waals surface area contributed by atoms with Crippen molar-refractivity contribution in [3.05, 3.63) is 119 Å². The average Bonchev–Trinajstić information content (AvgIpc) is 3.53. The first kappa shape index (κ1) is 33.7. The van der Waals surface area contributed by atoms with Crippen LogP contribution in [0.3, 0.4) is 0 Å².